The molecule has 6 aromatic rings. The minimum absolute atomic E-state index is 0.00505. The second kappa shape index (κ2) is 13.7. The van der Waals surface area contributed by atoms with Gasteiger partial charge in [-0.3, -0.25) is 9.59 Å². The molecule has 0 aliphatic rings. The molecule has 46 heavy (non-hydrogen) atoms. The predicted octanol–water partition coefficient (Wildman–Crippen LogP) is 7.37. The number of carbonyl (C=O) groups excluding carboxylic acids is 2. The van der Waals surface area contributed by atoms with Crippen LogP contribution in [-0.4, -0.2) is 27.3 Å². The van der Waals surface area contributed by atoms with E-state index < -0.39 is 17.7 Å². The Bertz CT molecular complexity index is 2020. The van der Waals surface area contributed by atoms with E-state index >= 15 is 0 Å². The first-order chi connectivity index (χ1) is 22.4. The normalized spacial score (nSPS) is 10.8. The third kappa shape index (κ3) is 6.97. The van der Waals surface area contributed by atoms with E-state index in [1.54, 1.807) is 12.3 Å². The van der Waals surface area contributed by atoms with Gasteiger partial charge in [0, 0.05) is 29.3 Å². The lowest BCUT2D eigenvalue weighted by atomic mass is 10.1. The van der Waals surface area contributed by atoms with Crippen LogP contribution in [0.5, 0.6) is 11.5 Å². The molecule has 0 fully saturated rings. The lowest BCUT2D eigenvalue weighted by molar-refractivity contribution is -0.112. The first-order valence-corrected chi connectivity index (χ1v) is 14.7. The Morgan fingerprint density at radius 2 is 1.30 bits per heavy atom. The quantitative estimate of drug-likeness (QED) is 0.111. The Labute approximate surface area is 265 Å². The van der Waals surface area contributed by atoms with E-state index in [1.807, 2.05) is 102 Å². The summed E-state index contributed by atoms with van der Waals surface area (Å²) in [7, 11) is 0. The van der Waals surface area contributed by atoms with E-state index in [2.05, 4.69) is 5.32 Å². The highest BCUT2D eigenvalue weighted by atomic mass is 16.5. The number of hydrogen-bond acceptors (Lipinski definition) is 5. The van der Waals surface area contributed by atoms with Crippen molar-refractivity contribution >= 4 is 34.3 Å². The number of fused-ring (bicyclic) bond motifs is 1. The minimum atomic E-state index is -1.13. The summed E-state index contributed by atoms with van der Waals surface area (Å²) in [6, 6.07) is 38.7. The molecule has 0 saturated heterocycles. The first kappa shape index (κ1) is 29.9. The molecule has 1 amide bonds. The van der Waals surface area contributed by atoms with Crippen molar-refractivity contribution in [1.82, 2.24) is 4.57 Å². The Hall–Kier alpha value is -6.15. The predicted molar refractivity (Wildman–Crippen MR) is 175 cm³/mol. The van der Waals surface area contributed by atoms with Gasteiger partial charge in [-0.25, -0.2) is 4.79 Å². The van der Waals surface area contributed by atoms with Gasteiger partial charge in [0.1, 0.15) is 13.2 Å². The van der Waals surface area contributed by atoms with Crippen molar-refractivity contribution in [1.29, 1.82) is 0 Å². The molecule has 1 heterocycles. The van der Waals surface area contributed by atoms with E-state index in [9.17, 15) is 19.5 Å². The summed E-state index contributed by atoms with van der Waals surface area (Å²) in [6.07, 6.45) is 1.67. The summed E-state index contributed by atoms with van der Waals surface area (Å²) in [4.78, 5) is 37.7. The number of ketones is 1. The van der Waals surface area contributed by atoms with Gasteiger partial charge in [0.25, 0.3) is 11.7 Å². The van der Waals surface area contributed by atoms with E-state index in [4.69, 9.17) is 9.47 Å². The topological polar surface area (TPSA) is 107 Å². The lowest BCUT2D eigenvalue weighted by Crippen LogP contribution is -2.22. The smallest absolute Gasteiger partial charge is 0.335 e. The fourth-order valence-electron chi connectivity index (χ4n) is 5.15. The molecule has 0 bridgehead atoms. The molecule has 0 aliphatic heterocycles. The van der Waals surface area contributed by atoms with Crippen LogP contribution in [0.1, 0.15) is 37.4 Å². The number of para-hydroxylation sites is 1. The highest BCUT2D eigenvalue weighted by Gasteiger charge is 2.22. The Balaban J connectivity index is 1.26. The lowest BCUT2D eigenvalue weighted by Gasteiger charge is -2.15. The SMILES string of the molecule is O=C(Nc1cccc(C(=O)O)c1)C(=O)c1cn(Cc2ccc(OCc3ccccc3)c(OCc3ccccc3)c2)c2ccccc12. The maximum Gasteiger partial charge on any atom is 0.335 e. The number of carboxylic acids is 1. The molecule has 0 atom stereocenters. The number of carboxylic acid groups (broad SMARTS) is 1. The number of carbonyl (C=O) groups is 3. The zero-order chi connectivity index (χ0) is 31.9. The molecule has 8 heteroatoms. The van der Waals surface area contributed by atoms with Gasteiger partial charge >= 0.3 is 5.97 Å². The van der Waals surface area contributed by atoms with Gasteiger partial charge in [-0.2, -0.15) is 0 Å². The van der Waals surface area contributed by atoms with Gasteiger partial charge in [-0.15, -0.1) is 0 Å². The molecule has 228 valence electrons. The number of amides is 1. The van der Waals surface area contributed by atoms with Crippen LogP contribution in [0.15, 0.2) is 134 Å². The number of benzene rings is 5. The number of aromatic carboxylic acids is 1. The molecular weight excluding hydrogens is 580 g/mol. The molecule has 0 spiro atoms. The number of hydrogen-bond donors (Lipinski definition) is 2. The Morgan fingerprint density at radius 3 is 2.00 bits per heavy atom. The largest absolute Gasteiger partial charge is 0.485 e. The van der Waals surface area contributed by atoms with Gasteiger partial charge in [0.05, 0.1) is 11.1 Å². The standard InChI is InChI=1S/C38H30N2O6/c41-36(37(42)39-30-15-9-14-29(21-30)38(43)44)32-23-40(33-17-8-7-16-31(32)33)22-28-18-19-34(45-24-26-10-3-1-4-11-26)35(20-28)46-25-27-12-5-2-6-13-27/h1-21,23H,22,24-25H2,(H,39,42)(H,43,44). The molecule has 5 aromatic carbocycles. The van der Waals surface area contributed by atoms with Crippen LogP contribution in [0, 0.1) is 0 Å². The van der Waals surface area contributed by atoms with Crippen molar-refractivity contribution < 1.29 is 29.0 Å². The molecule has 0 saturated carbocycles. The molecular formula is C38H30N2O6. The molecule has 0 radical (unpaired) electrons. The molecule has 0 unspecified atom stereocenters. The van der Waals surface area contributed by atoms with Crippen LogP contribution in [-0.2, 0) is 24.6 Å². The van der Waals surface area contributed by atoms with E-state index in [0.29, 0.717) is 36.6 Å². The summed E-state index contributed by atoms with van der Waals surface area (Å²) < 4.78 is 14.3. The third-order valence-electron chi connectivity index (χ3n) is 7.44. The van der Waals surface area contributed by atoms with Gasteiger partial charge in [0.2, 0.25) is 0 Å². The fourth-order valence-corrected chi connectivity index (χ4v) is 5.15. The van der Waals surface area contributed by atoms with Crippen molar-refractivity contribution in [2.45, 2.75) is 19.8 Å². The average Bonchev–Trinajstić information content (AvgIpc) is 3.45. The Kier molecular flexibility index (Phi) is 8.87. The molecule has 8 nitrogen and oxygen atoms in total. The van der Waals surface area contributed by atoms with Crippen molar-refractivity contribution in [2.24, 2.45) is 0 Å². The van der Waals surface area contributed by atoms with Crippen LogP contribution in [0.3, 0.4) is 0 Å². The summed E-state index contributed by atoms with van der Waals surface area (Å²) in [5.74, 6) is -1.52. The number of nitrogens with zero attached hydrogens (tertiary/aromatic N) is 1. The molecule has 6 rings (SSSR count). The van der Waals surface area contributed by atoms with Crippen molar-refractivity contribution in [3.05, 3.63) is 161 Å². The monoisotopic (exact) mass is 610 g/mol. The second-order valence-corrected chi connectivity index (χ2v) is 10.7. The molecule has 1 aromatic heterocycles. The number of nitrogens with one attached hydrogen (secondary N) is 1. The van der Waals surface area contributed by atoms with Gasteiger partial charge in [-0.1, -0.05) is 91.0 Å². The second-order valence-electron chi connectivity index (χ2n) is 10.7. The van der Waals surface area contributed by atoms with Crippen molar-refractivity contribution in [2.75, 3.05) is 5.32 Å². The van der Waals surface area contributed by atoms with Crippen LogP contribution in [0.25, 0.3) is 10.9 Å². The number of ether oxygens (including phenoxy) is 2. The van der Waals surface area contributed by atoms with Crippen LogP contribution in [0.4, 0.5) is 5.69 Å². The summed E-state index contributed by atoms with van der Waals surface area (Å²) >= 11 is 0. The van der Waals surface area contributed by atoms with Crippen molar-refractivity contribution in [3.63, 3.8) is 0 Å². The zero-order valence-electron chi connectivity index (χ0n) is 24.8. The summed E-state index contributed by atoms with van der Waals surface area (Å²) in [5, 5.41) is 12.4. The highest BCUT2D eigenvalue weighted by Crippen LogP contribution is 2.32. The average molecular weight is 611 g/mol. The van der Waals surface area contributed by atoms with Crippen LogP contribution >= 0.6 is 0 Å². The van der Waals surface area contributed by atoms with E-state index in [1.165, 1.54) is 24.3 Å². The Morgan fingerprint density at radius 1 is 0.652 bits per heavy atom. The van der Waals surface area contributed by atoms with Gasteiger partial charge < -0.3 is 24.5 Å². The van der Waals surface area contributed by atoms with Crippen molar-refractivity contribution in [3.8, 4) is 11.5 Å². The molecule has 0 aliphatic carbocycles. The fraction of sp³-hybridized carbons (Fsp3) is 0.0789. The van der Waals surface area contributed by atoms with E-state index in [0.717, 1.165) is 22.2 Å². The summed E-state index contributed by atoms with van der Waals surface area (Å²) in [6.45, 7) is 1.15. The summed E-state index contributed by atoms with van der Waals surface area (Å²) in [5.41, 5.74) is 4.22. The van der Waals surface area contributed by atoms with Crippen LogP contribution in [0.2, 0.25) is 0 Å². The van der Waals surface area contributed by atoms with Gasteiger partial charge in [0.15, 0.2) is 11.5 Å². The first-order valence-electron chi connectivity index (χ1n) is 14.7. The zero-order valence-corrected chi connectivity index (χ0v) is 24.8. The van der Waals surface area contributed by atoms with E-state index in [-0.39, 0.29) is 16.8 Å². The number of anilines is 1. The number of aromatic nitrogens is 1. The highest BCUT2D eigenvalue weighted by molar-refractivity contribution is 6.48. The number of rotatable bonds is 12. The van der Waals surface area contributed by atoms with Gasteiger partial charge in [-0.05, 0) is 53.1 Å². The third-order valence-corrected chi connectivity index (χ3v) is 7.44. The number of Topliss-reactive ketones (excluding diaryl/α,β-unsaturated/α-hetero) is 1. The maximum absolute atomic E-state index is 13.4. The minimum Gasteiger partial charge on any atom is -0.485 e. The van der Waals surface area contributed by atoms with Crippen LogP contribution < -0.4 is 14.8 Å². The maximum atomic E-state index is 13.4. The molecule has 2 N–H and O–H groups in total.